The largest absolute Gasteiger partial charge is 0.508 e. The van der Waals surface area contributed by atoms with E-state index in [1.807, 2.05) is 13.1 Å². The monoisotopic (exact) mass is 412 g/mol. The number of amides is 1. The SMILES string of the molecule is CN1CC[C@]23CC(=O)[C@@H](NC(=O)C4CCCCC4)C[C@@]2(O)[C@H]1Cc1ccc(O)cc13. The number of piperidine rings is 1. The van der Waals surface area contributed by atoms with Crippen molar-refractivity contribution in [3.63, 3.8) is 0 Å². The number of nitrogens with zero attached hydrogens (tertiary/aromatic N) is 1. The molecular weight excluding hydrogens is 380 g/mol. The summed E-state index contributed by atoms with van der Waals surface area (Å²) in [4.78, 5) is 28.3. The summed E-state index contributed by atoms with van der Waals surface area (Å²) in [5.74, 6) is 0.134. The van der Waals surface area contributed by atoms with Gasteiger partial charge in [-0.25, -0.2) is 0 Å². The molecule has 1 saturated heterocycles. The van der Waals surface area contributed by atoms with E-state index in [0.717, 1.165) is 43.4 Å². The molecule has 2 bridgehead atoms. The van der Waals surface area contributed by atoms with Crippen LogP contribution in [0.3, 0.4) is 0 Å². The van der Waals surface area contributed by atoms with Crippen LogP contribution in [0.1, 0.15) is 62.5 Å². The molecule has 1 aromatic rings. The lowest BCUT2D eigenvalue weighted by Gasteiger charge is -2.63. The Bertz CT molecular complexity index is 880. The summed E-state index contributed by atoms with van der Waals surface area (Å²) in [6, 6.07) is 4.62. The van der Waals surface area contributed by atoms with Crippen LogP contribution in [0, 0.1) is 5.92 Å². The van der Waals surface area contributed by atoms with Crippen LogP contribution in [0.15, 0.2) is 18.2 Å². The molecule has 3 N–H and O–H groups in total. The van der Waals surface area contributed by atoms with Gasteiger partial charge in [-0.15, -0.1) is 0 Å². The van der Waals surface area contributed by atoms with Crippen LogP contribution in [0.5, 0.6) is 5.75 Å². The van der Waals surface area contributed by atoms with Gasteiger partial charge in [0.25, 0.3) is 0 Å². The summed E-state index contributed by atoms with van der Waals surface area (Å²) in [6.45, 7) is 0.800. The Hall–Kier alpha value is -1.92. The lowest BCUT2D eigenvalue weighted by atomic mass is 9.48. The summed E-state index contributed by atoms with van der Waals surface area (Å²) >= 11 is 0. The molecule has 4 aliphatic rings. The van der Waals surface area contributed by atoms with Crippen LogP contribution in [-0.2, 0) is 21.4 Å². The third-order valence-electron chi connectivity index (χ3n) is 8.50. The van der Waals surface area contributed by atoms with Gasteiger partial charge >= 0.3 is 0 Å². The van der Waals surface area contributed by atoms with Gasteiger partial charge in [0.05, 0.1) is 11.6 Å². The topological polar surface area (TPSA) is 89.9 Å². The van der Waals surface area contributed by atoms with Gasteiger partial charge in [-0.1, -0.05) is 25.3 Å². The van der Waals surface area contributed by atoms with Crippen molar-refractivity contribution in [2.24, 2.45) is 5.92 Å². The fraction of sp³-hybridized carbons (Fsp3) is 0.667. The van der Waals surface area contributed by atoms with E-state index in [1.54, 1.807) is 12.1 Å². The van der Waals surface area contributed by atoms with Gasteiger partial charge in [-0.05, 0) is 62.5 Å². The van der Waals surface area contributed by atoms with Gasteiger partial charge in [0.15, 0.2) is 5.78 Å². The normalized spacial score (nSPS) is 36.7. The number of carbonyl (C=O) groups is 2. The average Bonchev–Trinajstić information content (AvgIpc) is 2.73. The number of likely N-dealkylation sites (tertiary alicyclic amines) is 1. The minimum Gasteiger partial charge on any atom is -0.508 e. The number of likely N-dealkylation sites (N-methyl/N-ethyl adjacent to an activating group) is 1. The number of benzene rings is 1. The van der Waals surface area contributed by atoms with Crippen molar-refractivity contribution in [2.45, 2.75) is 80.9 Å². The second-order valence-corrected chi connectivity index (χ2v) is 10.0. The van der Waals surface area contributed by atoms with E-state index in [4.69, 9.17) is 0 Å². The van der Waals surface area contributed by atoms with E-state index in [9.17, 15) is 19.8 Å². The molecule has 1 heterocycles. The van der Waals surface area contributed by atoms with Crippen molar-refractivity contribution in [1.82, 2.24) is 10.2 Å². The van der Waals surface area contributed by atoms with Crippen LogP contribution < -0.4 is 5.32 Å². The van der Waals surface area contributed by atoms with E-state index in [2.05, 4.69) is 10.2 Å². The zero-order valence-electron chi connectivity index (χ0n) is 17.7. The van der Waals surface area contributed by atoms with E-state index in [0.29, 0.717) is 12.8 Å². The second-order valence-electron chi connectivity index (χ2n) is 10.0. The number of carbonyl (C=O) groups excluding carboxylic acids is 2. The molecule has 5 rings (SSSR count). The Morgan fingerprint density at radius 2 is 2.00 bits per heavy atom. The Labute approximate surface area is 177 Å². The molecule has 0 aromatic heterocycles. The molecule has 3 aliphatic carbocycles. The highest BCUT2D eigenvalue weighted by Gasteiger charge is 2.66. The maximum atomic E-state index is 13.3. The molecule has 162 valence electrons. The van der Waals surface area contributed by atoms with Crippen molar-refractivity contribution in [3.05, 3.63) is 29.3 Å². The van der Waals surface area contributed by atoms with Crippen LogP contribution in [0.25, 0.3) is 0 Å². The van der Waals surface area contributed by atoms with Crippen molar-refractivity contribution in [1.29, 1.82) is 0 Å². The van der Waals surface area contributed by atoms with Gasteiger partial charge in [-0.2, -0.15) is 0 Å². The average molecular weight is 413 g/mol. The molecule has 6 heteroatoms. The summed E-state index contributed by atoms with van der Waals surface area (Å²) in [6.07, 6.45) is 6.89. The number of rotatable bonds is 2. The lowest BCUT2D eigenvalue weighted by Crippen LogP contribution is -2.75. The lowest BCUT2D eigenvalue weighted by molar-refractivity contribution is -0.174. The number of nitrogens with one attached hydrogen (secondary N) is 1. The number of ketones is 1. The number of fused-ring (bicyclic) bond motifs is 1. The smallest absolute Gasteiger partial charge is 0.223 e. The van der Waals surface area contributed by atoms with Gasteiger partial charge < -0.3 is 20.4 Å². The molecule has 6 nitrogen and oxygen atoms in total. The number of hydrogen-bond donors (Lipinski definition) is 3. The fourth-order valence-corrected chi connectivity index (χ4v) is 6.81. The first-order valence-corrected chi connectivity index (χ1v) is 11.4. The maximum absolute atomic E-state index is 13.3. The van der Waals surface area contributed by atoms with Crippen LogP contribution in [0.4, 0.5) is 0 Å². The first kappa shape index (κ1) is 20.0. The highest BCUT2D eigenvalue weighted by molar-refractivity contribution is 5.92. The molecule has 0 unspecified atom stereocenters. The highest BCUT2D eigenvalue weighted by Crippen LogP contribution is 2.57. The van der Waals surface area contributed by atoms with Gasteiger partial charge in [0, 0.05) is 30.2 Å². The van der Waals surface area contributed by atoms with E-state index < -0.39 is 17.1 Å². The standard InChI is InChI=1S/C24H32N2O4/c1-26-10-9-23-14-20(28)19(25-22(29)15-5-3-2-4-6-15)13-24(23,30)21(26)11-16-7-8-17(27)12-18(16)23/h7-8,12,15,19,21,27,30H,2-6,9-11,13-14H2,1H3,(H,25,29)/t19-,21+,23+,24+/m0/s1. The Morgan fingerprint density at radius 1 is 1.23 bits per heavy atom. The van der Waals surface area contributed by atoms with Crippen molar-refractivity contribution < 1.29 is 19.8 Å². The first-order chi connectivity index (χ1) is 14.3. The molecule has 1 aromatic carbocycles. The zero-order valence-corrected chi connectivity index (χ0v) is 17.7. The Balaban J connectivity index is 1.48. The number of phenols is 1. The predicted octanol–water partition coefficient (Wildman–Crippen LogP) is 2.05. The number of aliphatic hydroxyl groups is 1. The van der Waals surface area contributed by atoms with E-state index >= 15 is 0 Å². The van der Waals surface area contributed by atoms with Gasteiger partial charge in [-0.3, -0.25) is 9.59 Å². The Morgan fingerprint density at radius 3 is 2.77 bits per heavy atom. The minimum absolute atomic E-state index is 0.00308. The fourth-order valence-electron chi connectivity index (χ4n) is 6.81. The number of phenolic OH excluding ortho intramolecular Hbond substituents is 1. The summed E-state index contributed by atoms with van der Waals surface area (Å²) in [5, 5.41) is 25.3. The zero-order chi connectivity index (χ0) is 21.1. The minimum atomic E-state index is -1.11. The molecule has 1 amide bonds. The molecule has 30 heavy (non-hydrogen) atoms. The quantitative estimate of drug-likeness (QED) is 0.692. The van der Waals surface area contributed by atoms with Crippen molar-refractivity contribution in [2.75, 3.05) is 13.6 Å². The second kappa shape index (κ2) is 7.06. The Kier molecular flexibility index (Phi) is 4.71. The van der Waals surface area contributed by atoms with E-state index in [-0.39, 0.29) is 42.2 Å². The van der Waals surface area contributed by atoms with Crippen LogP contribution in [-0.4, -0.2) is 58.1 Å². The number of hydrogen-bond acceptors (Lipinski definition) is 5. The third kappa shape index (κ3) is 2.83. The number of aromatic hydroxyl groups is 1. The molecule has 1 aliphatic heterocycles. The molecule has 3 fully saturated rings. The van der Waals surface area contributed by atoms with E-state index in [1.165, 1.54) is 6.42 Å². The maximum Gasteiger partial charge on any atom is 0.223 e. The van der Waals surface area contributed by atoms with Crippen LogP contribution in [0.2, 0.25) is 0 Å². The van der Waals surface area contributed by atoms with Crippen LogP contribution >= 0.6 is 0 Å². The predicted molar refractivity (Wildman–Crippen MR) is 112 cm³/mol. The number of Topliss-reactive ketones (excluding diaryl/α,β-unsaturated/α-hetero) is 1. The molecule has 4 atom stereocenters. The summed E-state index contributed by atoms with van der Waals surface area (Å²) in [5.41, 5.74) is 0.213. The third-order valence-corrected chi connectivity index (χ3v) is 8.50. The van der Waals surface area contributed by atoms with Gasteiger partial charge in [0.1, 0.15) is 5.75 Å². The molecule has 0 spiro atoms. The first-order valence-electron chi connectivity index (χ1n) is 11.4. The van der Waals surface area contributed by atoms with Crippen molar-refractivity contribution >= 4 is 11.7 Å². The highest BCUT2D eigenvalue weighted by atomic mass is 16.3. The molecule has 0 radical (unpaired) electrons. The summed E-state index contributed by atoms with van der Waals surface area (Å²) in [7, 11) is 2.03. The van der Waals surface area contributed by atoms with Crippen molar-refractivity contribution in [3.8, 4) is 5.75 Å². The van der Waals surface area contributed by atoms with Gasteiger partial charge in [0.2, 0.25) is 5.91 Å². The molecular formula is C24H32N2O4. The molecule has 2 saturated carbocycles. The summed E-state index contributed by atoms with van der Waals surface area (Å²) < 4.78 is 0.